The summed E-state index contributed by atoms with van der Waals surface area (Å²) in [6.45, 7) is 1.79. The molecule has 0 saturated heterocycles. The van der Waals surface area contributed by atoms with Crippen LogP contribution in [0.1, 0.15) is 25.3 Å². The Labute approximate surface area is 176 Å². The maximum atomic E-state index is 14.6. The molecule has 0 bridgehead atoms. The molecule has 3 aromatic carbocycles. The normalized spacial score (nSPS) is 12.4. The highest BCUT2D eigenvalue weighted by molar-refractivity contribution is 5.72. The Balaban J connectivity index is 1.86. The van der Waals surface area contributed by atoms with E-state index in [1.165, 1.54) is 36.4 Å². The number of halogens is 6. The molecular formula is C25H18F6. The molecule has 3 aromatic rings. The second-order valence-corrected chi connectivity index (χ2v) is 6.85. The first-order chi connectivity index (χ1) is 14.8. The van der Waals surface area contributed by atoms with Gasteiger partial charge < -0.3 is 0 Å². The van der Waals surface area contributed by atoms with Gasteiger partial charge in [0.2, 0.25) is 0 Å². The fourth-order valence-corrected chi connectivity index (χ4v) is 3.09. The van der Waals surface area contributed by atoms with Crippen LogP contribution in [0.15, 0.2) is 72.6 Å². The van der Waals surface area contributed by atoms with Crippen LogP contribution >= 0.6 is 0 Å². The van der Waals surface area contributed by atoms with Gasteiger partial charge in [-0.2, -0.15) is 0 Å². The maximum absolute atomic E-state index is 14.6. The maximum Gasteiger partial charge on any atom is 0.194 e. The van der Waals surface area contributed by atoms with Crippen LogP contribution in [-0.4, -0.2) is 0 Å². The lowest BCUT2D eigenvalue weighted by atomic mass is 9.98. The molecule has 0 aliphatic heterocycles. The van der Waals surface area contributed by atoms with Crippen LogP contribution in [0.25, 0.3) is 28.1 Å². The second-order valence-electron chi connectivity index (χ2n) is 6.85. The van der Waals surface area contributed by atoms with Crippen LogP contribution < -0.4 is 0 Å². The number of hydrogen-bond donors (Lipinski definition) is 0. The van der Waals surface area contributed by atoms with E-state index in [2.05, 4.69) is 0 Å². The van der Waals surface area contributed by atoms with Crippen molar-refractivity contribution in [1.82, 2.24) is 0 Å². The fourth-order valence-electron chi connectivity index (χ4n) is 3.09. The van der Waals surface area contributed by atoms with Gasteiger partial charge in [0.15, 0.2) is 23.3 Å². The molecule has 3 rings (SSSR count). The molecule has 0 fully saturated rings. The van der Waals surface area contributed by atoms with Gasteiger partial charge in [0.1, 0.15) is 11.6 Å². The molecule has 0 nitrogen and oxygen atoms in total. The highest BCUT2D eigenvalue weighted by atomic mass is 19.2. The van der Waals surface area contributed by atoms with E-state index >= 15 is 0 Å². The van der Waals surface area contributed by atoms with Crippen LogP contribution in [0.5, 0.6) is 0 Å². The van der Waals surface area contributed by atoms with Crippen molar-refractivity contribution in [2.24, 2.45) is 0 Å². The average Bonchev–Trinajstić information content (AvgIpc) is 2.76. The molecular weight excluding hydrogens is 414 g/mol. The van der Waals surface area contributed by atoms with Gasteiger partial charge in [-0.15, -0.1) is 0 Å². The minimum Gasteiger partial charge on any atom is -0.209 e. The van der Waals surface area contributed by atoms with E-state index in [1.54, 1.807) is 19.1 Å². The summed E-state index contributed by atoms with van der Waals surface area (Å²) in [4.78, 5) is 0. The summed E-state index contributed by atoms with van der Waals surface area (Å²) >= 11 is 0. The summed E-state index contributed by atoms with van der Waals surface area (Å²) < 4.78 is 82.7. The van der Waals surface area contributed by atoms with Gasteiger partial charge in [-0.3, -0.25) is 0 Å². The van der Waals surface area contributed by atoms with Gasteiger partial charge in [-0.1, -0.05) is 48.6 Å². The summed E-state index contributed by atoms with van der Waals surface area (Å²) in [5.41, 5.74) is 0.782. The van der Waals surface area contributed by atoms with Crippen molar-refractivity contribution >= 4 is 5.83 Å². The third kappa shape index (κ3) is 5.08. The van der Waals surface area contributed by atoms with Crippen LogP contribution in [0.3, 0.4) is 0 Å². The van der Waals surface area contributed by atoms with Gasteiger partial charge in [0.25, 0.3) is 0 Å². The lowest BCUT2D eigenvalue weighted by Gasteiger charge is -2.09. The third-order valence-electron chi connectivity index (χ3n) is 4.74. The molecule has 0 atom stereocenters. The molecule has 0 heterocycles. The molecule has 0 aliphatic rings. The topological polar surface area (TPSA) is 0 Å². The summed E-state index contributed by atoms with van der Waals surface area (Å²) in [5.74, 6) is -7.02. The largest absolute Gasteiger partial charge is 0.209 e. The van der Waals surface area contributed by atoms with Crippen molar-refractivity contribution in [3.63, 3.8) is 0 Å². The predicted molar refractivity (Wildman–Crippen MR) is 110 cm³/mol. The molecule has 0 spiro atoms. The zero-order valence-electron chi connectivity index (χ0n) is 16.5. The SMILES string of the molecule is C/C=C/CC/C(F)=C(\F)c1ccc(-c2ccc(-c3cc(F)c(F)c(F)c3)c(F)c2)cc1. The second kappa shape index (κ2) is 9.69. The summed E-state index contributed by atoms with van der Waals surface area (Å²) in [7, 11) is 0. The Morgan fingerprint density at radius 1 is 0.742 bits per heavy atom. The molecule has 0 N–H and O–H groups in total. The molecule has 0 unspecified atom stereocenters. The Morgan fingerprint density at radius 3 is 1.90 bits per heavy atom. The van der Waals surface area contributed by atoms with Crippen molar-refractivity contribution in [2.75, 3.05) is 0 Å². The molecule has 0 aromatic heterocycles. The van der Waals surface area contributed by atoms with Crippen LogP contribution in [0, 0.1) is 23.3 Å². The monoisotopic (exact) mass is 432 g/mol. The number of hydrogen-bond acceptors (Lipinski definition) is 0. The van der Waals surface area contributed by atoms with Gasteiger partial charge in [0, 0.05) is 17.5 Å². The molecule has 0 amide bonds. The summed E-state index contributed by atoms with van der Waals surface area (Å²) in [5, 5.41) is 0. The molecule has 0 radical (unpaired) electrons. The highest BCUT2D eigenvalue weighted by Crippen LogP contribution is 2.31. The summed E-state index contributed by atoms with van der Waals surface area (Å²) in [6, 6.07) is 11.2. The Bertz CT molecular complexity index is 1120. The first-order valence-electron chi connectivity index (χ1n) is 9.52. The van der Waals surface area contributed by atoms with Crippen LogP contribution in [0.4, 0.5) is 26.3 Å². The van der Waals surface area contributed by atoms with E-state index < -0.39 is 34.9 Å². The van der Waals surface area contributed by atoms with E-state index in [0.29, 0.717) is 29.7 Å². The smallest absolute Gasteiger partial charge is 0.194 e. The standard InChI is InChI=1S/C25H18F6/c1-2-3-4-5-20(26)24(30)16-8-6-15(7-9-16)17-10-11-19(21(27)12-17)18-13-22(28)25(31)23(29)14-18/h2-3,6-14H,4-5H2,1H3/b3-2+,24-20+. The lowest BCUT2D eigenvalue weighted by molar-refractivity contribution is 0.447. The van der Waals surface area contributed by atoms with Crippen LogP contribution in [0.2, 0.25) is 0 Å². The van der Waals surface area contributed by atoms with Gasteiger partial charge in [-0.25, -0.2) is 26.3 Å². The van der Waals surface area contributed by atoms with E-state index in [9.17, 15) is 26.3 Å². The average molecular weight is 432 g/mol. The summed E-state index contributed by atoms with van der Waals surface area (Å²) in [6.07, 6.45) is 3.84. The molecule has 0 aliphatic carbocycles. The third-order valence-corrected chi connectivity index (χ3v) is 4.74. The van der Waals surface area contributed by atoms with Crippen molar-refractivity contribution in [1.29, 1.82) is 0 Å². The van der Waals surface area contributed by atoms with E-state index in [-0.39, 0.29) is 23.1 Å². The molecule has 160 valence electrons. The number of allylic oxidation sites excluding steroid dienone is 3. The lowest BCUT2D eigenvalue weighted by Crippen LogP contribution is -1.94. The quantitative estimate of drug-likeness (QED) is 0.208. The highest BCUT2D eigenvalue weighted by Gasteiger charge is 2.15. The predicted octanol–water partition coefficient (Wildman–Crippen LogP) is 8.54. The van der Waals surface area contributed by atoms with Crippen LogP contribution in [-0.2, 0) is 0 Å². The van der Waals surface area contributed by atoms with Gasteiger partial charge >= 0.3 is 0 Å². The zero-order chi connectivity index (χ0) is 22.5. The van der Waals surface area contributed by atoms with E-state index in [4.69, 9.17) is 0 Å². The van der Waals surface area contributed by atoms with Crippen molar-refractivity contribution < 1.29 is 26.3 Å². The van der Waals surface area contributed by atoms with Crippen molar-refractivity contribution in [2.45, 2.75) is 19.8 Å². The fraction of sp³-hybridized carbons (Fsp3) is 0.120. The number of rotatable bonds is 6. The van der Waals surface area contributed by atoms with Gasteiger partial charge in [-0.05, 0) is 48.2 Å². The van der Waals surface area contributed by atoms with E-state index in [0.717, 1.165) is 6.07 Å². The number of benzene rings is 3. The first kappa shape index (κ1) is 22.4. The van der Waals surface area contributed by atoms with E-state index in [1.807, 2.05) is 0 Å². The zero-order valence-corrected chi connectivity index (χ0v) is 16.5. The first-order valence-corrected chi connectivity index (χ1v) is 9.52. The van der Waals surface area contributed by atoms with Gasteiger partial charge in [0.05, 0.1) is 0 Å². The minimum absolute atomic E-state index is 0.0465. The van der Waals surface area contributed by atoms with Crippen molar-refractivity contribution in [3.8, 4) is 22.3 Å². The molecule has 6 heteroatoms. The Hall–Kier alpha value is -3.28. The molecule has 0 saturated carbocycles. The Kier molecular flexibility index (Phi) is 7.00. The van der Waals surface area contributed by atoms with Crippen molar-refractivity contribution in [3.05, 3.63) is 101 Å². The molecule has 31 heavy (non-hydrogen) atoms. The Morgan fingerprint density at radius 2 is 1.32 bits per heavy atom. The minimum atomic E-state index is -1.62.